The molecule has 0 radical (unpaired) electrons. The van der Waals surface area contributed by atoms with Gasteiger partial charge in [0, 0.05) is 18.7 Å². The maximum Gasteiger partial charge on any atom is 0.306 e. The second-order valence-corrected chi connectivity index (χ2v) is 9.74. The quantitative estimate of drug-likeness (QED) is 0.111. The minimum Gasteiger partial charge on any atom is -0.456 e. The monoisotopic (exact) mass is 598 g/mol. The first-order valence-corrected chi connectivity index (χ1v) is 12.4. The van der Waals surface area contributed by atoms with E-state index in [0.717, 1.165) is 4.90 Å². The largest absolute Gasteiger partial charge is 0.456 e. The highest BCUT2D eigenvalue weighted by Crippen LogP contribution is 2.44. The number of carbonyl (C=O) groups is 4. The number of unbranched alkanes of at least 4 members (excludes halogenated alkanes) is 2. The van der Waals surface area contributed by atoms with Crippen LogP contribution in [0.4, 0.5) is 5.69 Å². The van der Waals surface area contributed by atoms with E-state index in [2.05, 4.69) is 5.32 Å². The van der Waals surface area contributed by atoms with Crippen molar-refractivity contribution in [2.75, 3.05) is 18.5 Å². The van der Waals surface area contributed by atoms with Gasteiger partial charge in [-0.3, -0.25) is 24.1 Å². The molecule has 2 aromatic rings. The van der Waals surface area contributed by atoms with Crippen molar-refractivity contribution in [3.63, 3.8) is 0 Å². The standard InChI is InChI=1S/C22H16Cl6N2O5/c23-11-6-5-10(8-12(11)24)29-13(31)9-35-14(32)4-2-1-3-7-30-21(33)15-16(22(30)34)18(26)20(28)19(27)17(15)25/h5-6,8H,1-4,7,9H2,(H,29,31). The summed E-state index contributed by atoms with van der Waals surface area (Å²) in [5.74, 6) is -2.30. The van der Waals surface area contributed by atoms with Crippen LogP contribution in [0.2, 0.25) is 30.1 Å². The van der Waals surface area contributed by atoms with E-state index in [-0.39, 0.29) is 49.2 Å². The molecule has 0 atom stereocenters. The topological polar surface area (TPSA) is 92.8 Å². The summed E-state index contributed by atoms with van der Waals surface area (Å²) in [5.41, 5.74) is 0.276. The van der Waals surface area contributed by atoms with E-state index in [4.69, 9.17) is 74.3 Å². The van der Waals surface area contributed by atoms with Crippen LogP contribution >= 0.6 is 69.6 Å². The van der Waals surface area contributed by atoms with Gasteiger partial charge in [-0.2, -0.15) is 0 Å². The van der Waals surface area contributed by atoms with Crippen LogP contribution in [0.1, 0.15) is 46.4 Å². The van der Waals surface area contributed by atoms with Crippen molar-refractivity contribution in [1.82, 2.24) is 4.90 Å². The zero-order valence-corrected chi connectivity index (χ0v) is 22.3. The third-order valence-corrected chi connectivity index (χ3v) is 7.56. The molecule has 0 saturated heterocycles. The van der Waals surface area contributed by atoms with Gasteiger partial charge < -0.3 is 10.1 Å². The lowest BCUT2D eigenvalue weighted by atomic mass is 10.1. The molecule has 1 aliphatic heterocycles. The van der Waals surface area contributed by atoms with Crippen molar-refractivity contribution in [1.29, 1.82) is 0 Å². The summed E-state index contributed by atoms with van der Waals surface area (Å²) in [6.45, 7) is -0.365. The maximum atomic E-state index is 12.7. The highest BCUT2D eigenvalue weighted by atomic mass is 35.5. The van der Waals surface area contributed by atoms with Gasteiger partial charge in [-0.1, -0.05) is 76.0 Å². The van der Waals surface area contributed by atoms with E-state index >= 15 is 0 Å². The van der Waals surface area contributed by atoms with Crippen molar-refractivity contribution < 1.29 is 23.9 Å². The van der Waals surface area contributed by atoms with Crippen molar-refractivity contribution >= 4 is 99.0 Å². The van der Waals surface area contributed by atoms with E-state index in [1.807, 2.05) is 0 Å². The van der Waals surface area contributed by atoms with Crippen molar-refractivity contribution in [2.45, 2.75) is 25.7 Å². The summed E-state index contributed by atoms with van der Waals surface area (Å²) in [6, 6.07) is 4.57. The molecule has 0 fully saturated rings. The van der Waals surface area contributed by atoms with Gasteiger partial charge in [0.1, 0.15) is 0 Å². The molecule has 0 aliphatic carbocycles. The molecule has 3 rings (SSSR count). The summed E-state index contributed by atoms with van der Waals surface area (Å²) in [4.78, 5) is 50.2. The highest BCUT2D eigenvalue weighted by Gasteiger charge is 2.41. The second kappa shape index (κ2) is 12.0. The molecule has 0 unspecified atom stereocenters. The minimum absolute atomic E-state index is 0.0606. The van der Waals surface area contributed by atoms with Gasteiger partial charge in [0.25, 0.3) is 17.7 Å². The van der Waals surface area contributed by atoms with E-state index in [1.165, 1.54) is 12.1 Å². The van der Waals surface area contributed by atoms with Crippen molar-refractivity contribution in [3.8, 4) is 0 Å². The molecule has 1 N–H and O–H groups in total. The molecule has 13 heteroatoms. The molecule has 7 nitrogen and oxygen atoms in total. The Morgan fingerprint density at radius 1 is 0.800 bits per heavy atom. The number of rotatable bonds is 9. The molecule has 186 valence electrons. The summed E-state index contributed by atoms with van der Waals surface area (Å²) in [7, 11) is 0. The Kier molecular flexibility index (Phi) is 9.54. The van der Waals surface area contributed by atoms with Crippen LogP contribution < -0.4 is 5.32 Å². The fourth-order valence-electron chi connectivity index (χ4n) is 3.30. The molecule has 1 heterocycles. The number of carbonyl (C=O) groups excluding carboxylic acids is 4. The molecule has 3 amide bonds. The number of hydrogen-bond donors (Lipinski definition) is 1. The number of benzene rings is 2. The first-order valence-electron chi connectivity index (χ1n) is 10.2. The number of amides is 3. The Bertz CT molecular complexity index is 1170. The number of ether oxygens (including phenoxy) is 1. The van der Waals surface area contributed by atoms with E-state index in [9.17, 15) is 19.2 Å². The number of hydrogen-bond acceptors (Lipinski definition) is 5. The molecular formula is C22H16Cl6N2O5. The lowest BCUT2D eigenvalue weighted by Crippen LogP contribution is -2.30. The Hall–Kier alpha value is -1.74. The fraction of sp³-hybridized carbons (Fsp3) is 0.273. The molecule has 0 spiro atoms. The van der Waals surface area contributed by atoms with Crippen LogP contribution in [0.3, 0.4) is 0 Å². The fourth-order valence-corrected chi connectivity index (χ4v) is 4.62. The third kappa shape index (κ3) is 6.34. The molecule has 0 bridgehead atoms. The number of anilines is 1. The minimum atomic E-state index is -0.608. The van der Waals surface area contributed by atoms with Gasteiger partial charge in [0.05, 0.1) is 41.3 Å². The van der Waals surface area contributed by atoms with Crippen molar-refractivity contribution in [3.05, 3.63) is 59.5 Å². The third-order valence-electron chi connectivity index (χ3n) is 5.02. The van der Waals surface area contributed by atoms with E-state index in [0.29, 0.717) is 30.0 Å². The summed E-state index contributed by atoms with van der Waals surface area (Å²) < 4.78 is 4.95. The van der Waals surface area contributed by atoms with Gasteiger partial charge in [0.2, 0.25) is 0 Å². The smallest absolute Gasteiger partial charge is 0.306 e. The highest BCUT2D eigenvalue weighted by molar-refractivity contribution is 6.55. The number of nitrogens with zero attached hydrogens (tertiary/aromatic N) is 1. The summed E-state index contributed by atoms with van der Waals surface area (Å²) in [5, 5.41) is 2.74. The first kappa shape index (κ1) is 27.8. The van der Waals surface area contributed by atoms with Crippen molar-refractivity contribution in [2.24, 2.45) is 0 Å². The normalized spacial score (nSPS) is 12.7. The van der Waals surface area contributed by atoms with Gasteiger partial charge in [-0.25, -0.2) is 0 Å². The molecular weight excluding hydrogens is 585 g/mol. The molecule has 2 aromatic carbocycles. The lowest BCUT2D eigenvalue weighted by molar-refractivity contribution is -0.147. The van der Waals surface area contributed by atoms with Gasteiger partial charge in [-0.15, -0.1) is 0 Å². The molecule has 35 heavy (non-hydrogen) atoms. The molecule has 0 saturated carbocycles. The molecule has 0 aromatic heterocycles. The van der Waals surface area contributed by atoms with Crippen LogP contribution in [-0.2, 0) is 14.3 Å². The summed E-state index contributed by atoms with van der Waals surface area (Å²) in [6.07, 6.45) is 1.43. The Morgan fingerprint density at radius 3 is 1.97 bits per heavy atom. The predicted molar refractivity (Wildman–Crippen MR) is 136 cm³/mol. The Labute approximate surface area is 230 Å². The van der Waals surface area contributed by atoms with Gasteiger partial charge in [-0.05, 0) is 31.0 Å². The Balaban J connectivity index is 1.40. The number of fused-ring (bicyclic) bond motifs is 1. The SMILES string of the molecule is O=C(COC(=O)CCCCCN1C(=O)c2c(Cl)c(Cl)c(Cl)c(Cl)c2C1=O)Nc1ccc(Cl)c(Cl)c1. The van der Waals surface area contributed by atoms with Crippen LogP contribution in [0.25, 0.3) is 0 Å². The Morgan fingerprint density at radius 2 is 1.40 bits per heavy atom. The molecule has 1 aliphatic rings. The van der Waals surface area contributed by atoms with Gasteiger partial charge >= 0.3 is 5.97 Å². The average Bonchev–Trinajstić information content (AvgIpc) is 3.07. The van der Waals surface area contributed by atoms with E-state index in [1.54, 1.807) is 6.07 Å². The zero-order valence-electron chi connectivity index (χ0n) is 17.7. The van der Waals surface area contributed by atoms with Crippen LogP contribution in [-0.4, -0.2) is 41.7 Å². The van der Waals surface area contributed by atoms with Gasteiger partial charge in [0.15, 0.2) is 6.61 Å². The maximum absolute atomic E-state index is 12.7. The number of esters is 1. The number of halogens is 6. The van der Waals surface area contributed by atoms with Crippen LogP contribution in [0.5, 0.6) is 0 Å². The number of imide groups is 1. The van der Waals surface area contributed by atoms with Crippen LogP contribution in [0, 0.1) is 0 Å². The average molecular weight is 601 g/mol. The first-order chi connectivity index (χ1) is 16.5. The summed E-state index contributed by atoms with van der Waals surface area (Å²) >= 11 is 35.9. The second-order valence-electron chi connectivity index (χ2n) is 7.42. The predicted octanol–water partition coefficient (Wildman–Crippen LogP) is 6.95. The number of nitrogens with one attached hydrogen (secondary N) is 1. The van der Waals surface area contributed by atoms with Crippen LogP contribution in [0.15, 0.2) is 18.2 Å². The zero-order chi connectivity index (χ0) is 25.9. The van der Waals surface area contributed by atoms with E-state index < -0.39 is 30.3 Å². The lowest BCUT2D eigenvalue weighted by Gasteiger charge is -2.13.